The molecule has 14 heavy (non-hydrogen) atoms. The quantitative estimate of drug-likeness (QED) is 0.410. The van der Waals surface area contributed by atoms with Crippen LogP contribution < -0.4 is 4.90 Å². The molecule has 1 aromatic carbocycles. The summed E-state index contributed by atoms with van der Waals surface area (Å²) in [4.78, 5) is 4.81. The Labute approximate surface area is 83.8 Å². The minimum absolute atomic E-state index is 0.101. The van der Waals surface area contributed by atoms with Gasteiger partial charge in [0.25, 0.3) is 0 Å². The van der Waals surface area contributed by atoms with Crippen LogP contribution in [0.25, 0.3) is 10.4 Å². The first-order valence-electron chi connectivity index (χ1n) is 4.46. The molecule has 0 amide bonds. The largest absolute Gasteiger partial charge is 0.378 e. The maximum Gasteiger partial charge on any atom is 0.0597 e. The molecule has 0 aliphatic carbocycles. The summed E-state index contributed by atoms with van der Waals surface area (Å²) < 4.78 is 0. The highest BCUT2D eigenvalue weighted by Crippen LogP contribution is 2.20. The van der Waals surface area contributed by atoms with E-state index in [2.05, 4.69) is 10.0 Å². The molecule has 0 heterocycles. The van der Waals surface area contributed by atoms with Crippen molar-refractivity contribution in [1.29, 1.82) is 0 Å². The van der Waals surface area contributed by atoms with Crippen LogP contribution in [-0.4, -0.2) is 14.1 Å². The van der Waals surface area contributed by atoms with Crippen LogP contribution in [-0.2, 0) is 0 Å². The second-order valence-corrected chi connectivity index (χ2v) is 3.37. The smallest absolute Gasteiger partial charge is 0.0597 e. The topological polar surface area (TPSA) is 52.0 Å². The SMILES string of the molecule is CC(N=[N+]=[N-])c1ccc(N(C)C)cc1. The minimum atomic E-state index is -0.101. The number of hydrogen-bond acceptors (Lipinski definition) is 2. The summed E-state index contributed by atoms with van der Waals surface area (Å²) in [6.07, 6.45) is 0. The summed E-state index contributed by atoms with van der Waals surface area (Å²) in [6.45, 7) is 1.88. The fourth-order valence-corrected chi connectivity index (χ4v) is 1.20. The van der Waals surface area contributed by atoms with Crippen molar-refractivity contribution in [2.24, 2.45) is 5.11 Å². The van der Waals surface area contributed by atoms with Crippen molar-refractivity contribution in [2.75, 3.05) is 19.0 Å². The van der Waals surface area contributed by atoms with Crippen molar-refractivity contribution in [3.05, 3.63) is 40.3 Å². The van der Waals surface area contributed by atoms with Crippen LogP contribution in [0.15, 0.2) is 29.4 Å². The van der Waals surface area contributed by atoms with Crippen molar-refractivity contribution in [3.63, 3.8) is 0 Å². The van der Waals surface area contributed by atoms with Gasteiger partial charge in [0.15, 0.2) is 0 Å². The first kappa shape index (κ1) is 10.4. The van der Waals surface area contributed by atoms with Crippen LogP contribution in [0.3, 0.4) is 0 Å². The van der Waals surface area contributed by atoms with Crippen LogP contribution in [0.4, 0.5) is 5.69 Å². The molecule has 0 bridgehead atoms. The molecule has 0 radical (unpaired) electrons. The molecule has 1 atom stereocenters. The Morgan fingerprint density at radius 3 is 2.29 bits per heavy atom. The Kier molecular flexibility index (Phi) is 3.37. The highest BCUT2D eigenvalue weighted by molar-refractivity contribution is 5.46. The van der Waals surface area contributed by atoms with E-state index in [1.54, 1.807) is 0 Å². The Morgan fingerprint density at radius 1 is 1.29 bits per heavy atom. The molecule has 0 N–H and O–H groups in total. The maximum absolute atomic E-state index is 8.29. The Morgan fingerprint density at radius 2 is 1.86 bits per heavy atom. The van der Waals surface area contributed by atoms with E-state index in [0.29, 0.717) is 0 Å². The van der Waals surface area contributed by atoms with Gasteiger partial charge in [-0.3, -0.25) is 0 Å². The Balaban J connectivity index is 2.87. The molecule has 0 saturated carbocycles. The number of azide groups is 1. The van der Waals surface area contributed by atoms with Crippen molar-refractivity contribution in [3.8, 4) is 0 Å². The molecule has 0 spiro atoms. The number of nitrogens with zero attached hydrogens (tertiary/aromatic N) is 4. The highest BCUT2D eigenvalue weighted by Gasteiger charge is 2.02. The Bertz CT molecular complexity index is 336. The fourth-order valence-electron chi connectivity index (χ4n) is 1.20. The summed E-state index contributed by atoms with van der Waals surface area (Å²) in [5, 5.41) is 3.64. The van der Waals surface area contributed by atoms with Gasteiger partial charge in [-0.1, -0.05) is 24.2 Å². The predicted octanol–water partition coefficient (Wildman–Crippen LogP) is 3.12. The predicted molar refractivity (Wildman–Crippen MR) is 58.3 cm³/mol. The van der Waals surface area contributed by atoms with Gasteiger partial charge < -0.3 is 4.90 Å². The van der Waals surface area contributed by atoms with Gasteiger partial charge in [0.1, 0.15) is 0 Å². The molecule has 0 saturated heterocycles. The van der Waals surface area contributed by atoms with Gasteiger partial charge >= 0.3 is 0 Å². The summed E-state index contributed by atoms with van der Waals surface area (Å²) in [5.74, 6) is 0. The van der Waals surface area contributed by atoms with Gasteiger partial charge in [0.2, 0.25) is 0 Å². The van der Waals surface area contributed by atoms with E-state index in [-0.39, 0.29) is 6.04 Å². The number of hydrogen-bond donors (Lipinski definition) is 0. The normalized spacial score (nSPS) is 11.6. The third-order valence-electron chi connectivity index (χ3n) is 2.12. The zero-order chi connectivity index (χ0) is 10.6. The van der Waals surface area contributed by atoms with Crippen LogP contribution in [0.1, 0.15) is 18.5 Å². The molecular weight excluding hydrogens is 176 g/mol. The highest BCUT2D eigenvalue weighted by atomic mass is 15.1. The third kappa shape index (κ3) is 2.41. The lowest BCUT2D eigenvalue weighted by molar-refractivity contribution is 0.807. The second kappa shape index (κ2) is 4.53. The molecule has 0 aliphatic rings. The van der Waals surface area contributed by atoms with E-state index in [1.165, 1.54) is 0 Å². The van der Waals surface area contributed by atoms with Gasteiger partial charge in [-0.25, -0.2) is 0 Å². The van der Waals surface area contributed by atoms with Gasteiger partial charge in [0.05, 0.1) is 6.04 Å². The standard InChI is InChI=1S/C10H14N4/c1-8(12-13-11)9-4-6-10(7-5-9)14(2)3/h4-8H,1-3H3. The molecule has 1 unspecified atom stereocenters. The minimum Gasteiger partial charge on any atom is -0.378 e. The molecule has 4 nitrogen and oxygen atoms in total. The molecule has 0 aliphatic heterocycles. The maximum atomic E-state index is 8.29. The van der Waals surface area contributed by atoms with Crippen molar-refractivity contribution < 1.29 is 0 Å². The zero-order valence-corrected chi connectivity index (χ0v) is 8.68. The molecular formula is C10H14N4. The summed E-state index contributed by atoms with van der Waals surface area (Å²) in [6, 6.07) is 7.89. The fraction of sp³-hybridized carbons (Fsp3) is 0.400. The average molecular weight is 190 g/mol. The van der Waals surface area contributed by atoms with Gasteiger partial charge in [-0.05, 0) is 23.2 Å². The number of benzene rings is 1. The van der Waals surface area contributed by atoms with Gasteiger partial charge in [0, 0.05) is 24.7 Å². The summed E-state index contributed by atoms with van der Waals surface area (Å²) in [5.41, 5.74) is 10.5. The third-order valence-corrected chi connectivity index (χ3v) is 2.12. The Hall–Kier alpha value is -1.67. The molecule has 74 valence electrons. The second-order valence-electron chi connectivity index (χ2n) is 3.37. The summed E-state index contributed by atoms with van der Waals surface area (Å²) >= 11 is 0. The monoisotopic (exact) mass is 190 g/mol. The van der Waals surface area contributed by atoms with Crippen LogP contribution in [0, 0.1) is 0 Å². The lowest BCUT2D eigenvalue weighted by atomic mass is 10.1. The van der Waals surface area contributed by atoms with E-state index in [4.69, 9.17) is 5.53 Å². The van der Waals surface area contributed by atoms with E-state index in [9.17, 15) is 0 Å². The van der Waals surface area contributed by atoms with E-state index < -0.39 is 0 Å². The lowest BCUT2D eigenvalue weighted by Gasteiger charge is -2.13. The molecule has 4 heteroatoms. The van der Waals surface area contributed by atoms with Gasteiger partial charge in [-0.15, -0.1) is 0 Å². The van der Waals surface area contributed by atoms with Crippen LogP contribution >= 0.6 is 0 Å². The summed E-state index contributed by atoms with van der Waals surface area (Å²) in [7, 11) is 3.98. The number of rotatable bonds is 3. The zero-order valence-electron chi connectivity index (χ0n) is 8.68. The first-order valence-corrected chi connectivity index (χ1v) is 4.46. The average Bonchev–Trinajstić information content (AvgIpc) is 2.18. The van der Waals surface area contributed by atoms with Crippen molar-refractivity contribution >= 4 is 5.69 Å². The molecule has 0 aromatic heterocycles. The molecule has 1 aromatic rings. The van der Waals surface area contributed by atoms with Crippen molar-refractivity contribution in [1.82, 2.24) is 0 Å². The molecule has 0 fully saturated rings. The van der Waals surface area contributed by atoms with E-state index in [1.807, 2.05) is 50.2 Å². The van der Waals surface area contributed by atoms with Crippen LogP contribution in [0.2, 0.25) is 0 Å². The lowest BCUT2D eigenvalue weighted by Crippen LogP contribution is -2.08. The van der Waals surface area contributed by atoms with E-state index >= 15 is 0 Å². The molecule has 1 rings (SSSR count). The number of anilines is 1. The van der Waals surface area contributed by atoms with Crippen molar-refractivity contribution in [2.45, 2.75) is 13.0 Å². The van der Waals surface area contributed by atoms with Crippen LogP contribution in [0.5, 0.6) is 0 Å². The van der Waals surface area contributed by atoms with Gasteiger partial charge in [-0.2, -0.15) is 0 Å². The first-order chi connectivity index (χ1) is 6.65. The van der Waals surface area contributed by atoms with E-state index in [0.717, 1.165) is 11.3 Å².